The van der Waals surface area contributed by atoms with E-state index in [0.29, 0.717) is 11.1 Å². The number of carbonyl (C=O) groups is 1. The summed E-state index contributed by atoms with van der Waals surface area (Å²) in [5.74, 6) is -2.61. The third kappa shape index (κ3) is 3.29. The van der Waals surface area contributed by atoms with E-state index in [1.54, 1.807) is 37.3 Å². The molecule has 0 saturated carbocycles. The third-order valence-corrected chi connectivity index (χ3v) is 3.79. The molecule has 0 aliphatic rings. The number of nitro groups is 1. The van der Waals surface area contributed by atoms with E-state index in [9.17, 15) is 25.1 Å². The van der Waals surface area contributed by atoms with Gasteiger partial charge in [0.25, 0.3) is 0 Å². The third-order valence-electron chi connectivity index (χ3n) is 3.79. The smallest absolute Gasteiger partial charge is 0.345 e. The van der Waals surface area contributed by atoms with Crippen molar-refractivity contribution in [2.75, 3.05) is 13.7 Å². The van der Waals surface area contributed by atoms with E-state index < -0.39 is 40.4 Å². The van der Waals surface area contributed by atoms with Gasteiger partial charge in [-0.25, -0.2) is 4.79 Å². The van der Waals surface area contributed by atoms with E-state index in [4.69, 9.17) is 0 Å². The van der Waals surface area contributed by atoms with Crippen LogP contribution in [-0.2, 0) is 4.74 Å². The Morgan fingerprint density at radius 2 is 1.88 bits per heavy atom. The van der Waals surface area contributed by atoms with Crippen LogP contribution in [0.15, 0.2) is 36.4 Å². The Morgan fingerprint density at radius 3 is 2.42 bits per heavy atom. The first-order chi connectivity index (χ1) is 11.4. The summed E-state index contributed by atoms with van der Waals surface area (Å²) < 4.78 is 4.58. The molecule has 1 atom stereocenters. The largest absolute Gasteiger partial charge is 0.507 e. The van der Waals surface area contributed by atoms with E-state index in [1.165, 1.54) is 6.07 Å². The Morgan fingerprint density at radius 1 is 1.25 bits per heavy atom. The van der Waals surface area contributed by atoms with Crippen molar-refractivity contribution in [3.63, 3.8) is 0 Å². The number of carbonyl (C=O) groups excluding carboxylic acids is 1. The normalized spacial score (nSPS) is 11.8. The van der Waals surface area contributed by atoms with E-state index in [2.05, 4.69) is 4.74 Å². The van der Waals surface area contributed by atoms with E-state index in [0.717, 1.165) is 7.11 Å². The van der Waals surface area contributed by atoms with Crippen molar-refractivity contribution in [1.29, 1.82) is 0 Å². The summed E-state index contributed by atoms with van der Waals surface area (Å²) in [6.45, 7) is 1.07. The molecule has 0 fully saturated rings. The van der Waals surface area contributed by atoms with Crippen molar-refractivity contribution < 1.29 is 24.7 Å². The van der Waals surface area contributed by atoms with Crippen molar-refractivity contribution in [2.45, 2.75) is 12.8 Å². The highest BCUT2D eigenvalue weighted by molar-refractivity contribution is 5.96. The summed E-state index contributed by atoms with van der Waals surface area (Å²) >= 11 is 0. The van der Waals surface area contributed by atoms with Gasteiger partial charge in [-0.2, -0.15) is 0 Å². The number of phenols is 2. The molecule has 0 bridgehead atoms. The first-order valence-electron chi connectivity index (χ1n) is 7.17. The molecule has 7 heteroatoms. The second-order valence-corrected chi connectivity index (χ2v) is 5.33. The molecule has 0 saturated heterocycles. The van der Waals surface area contributed by atoms with Gasteiger partial charge in [0.2, 0.25) is 6.54 Å². The first kappa shape index (κ1) is 17.3. The number of nitrogens with zero attached hydrogens (tertiary/aromatic N) is 1. The first-order valence-corrected chi connectivity index (χ1v) is 7.17. The Bertz CT molecular complexity index is 772. The highest BCUT2D eigenvalue weighted by Crippen LogP contribution is 2.40. The number of benzene rings is 2. The SMILES string of the molecule is COC(=O)c1c(O)c(C)cc(C(C[N+](=O)[O-])c2ccccc2)c1O. The highest BCUT2D eigenvalue weighted by atomic mass is 16.6. The van der Waals surface area contributed by atoms with Gasteiger partial charge in [-0.15, -0.1) is 0 Å². The second-order valence-electron chi connectivity index (χ2n) is 5.33. The van der Waals surface area contributed by atoms with Crippen molar-refractivity contribution in [3.05, 3.63) is 68.8 Å². The van der Waals surface area contributed by atoms with Gasteiger partial charge in [-0.05, 0) is 24.1 Å². The molecule has 0 heterocycles. The fourth-order valence-electron chi connectivity index (χ4n) is 2.60. The van der Waals surface area contributed by atoms with E-state index in [-0.39, 0.29) is 5.56 Å². The lowest BCUT2D eigenvalue weighted by Crippen LogP contribution is -2.15. The fraction of sp³-hybridized carbons (Fsp3) is 0.235. The fourth-order valence-corrected chi connectivity index (χ4v) is 2.60. The monoisotopic (exact) mass is 331 g/mol. The maximum Gasteiger partial charge on any atom is 0.345 e. The summed E-state index contributed by atoms with van der Waals surface area (Å²) in [4.78, 5) is 22.5. The topological polar surface area (TPSA) is 110 Å². The van der Waals surface area contributed by atoms with Crippen LogP contribution in [0, 0.1) is 17.0 Å². The molecular weight excluding hydrogens is 314 g/mol. The van der Waals surface area contributed by atoms with Crippen LogP contribution < -0.4 is 0 Å². The molecule has 0 radical (unpaired) electrons. The molecule has 2 N–H and O–H groups in total. The Balaban J connectivity index is 2.68. The zero-order valence-corrected chi connectivity index (χ0v) is 13.2. The summed E-state index contributed by atoms with van der Waals surface area (Å²) in [5, 5.41) is 31.6. The maximum atomic E-state index is 11.9. The van der Waals surface area contributed by atoms with Gasteiger partial charge in [-0.1, -0.05) is 30.3 Å². The Kier molecular flexibility index (Phi) is 5.03. The molecule has 0 amide bonds. The van der Waals surface area contributed by atoms with Crippen molar-refractivity contribution in [2.24, 2.45) is 0 Å². The van der Waals surface area contributed by atoms with Gasteiger partial charge >= 0.3 is 5.97 Å². The van der Waals surface area contributed by atoms with Crippen LogP contribution in [0.25, 0.3) is 0 Å². The van der Waals surface area contributed by atoms with Crippen LogP contribution in [-0.4, -0.2) is 34.8 Å². The summed E-state index contributed by atoms with van der Waals surface area (Å²) in [7, 11) is 1.12. The van der Waals surface area contributed by atoms with Crippen LogP contribution in [0.1, 0.15) is 33.0 Å². The average Bonchev–Trinajstić information content (AvgIpc) is 2.56. The van der Waals surface area contributed by atoms with Crippen LogP contribution >= 0.6 is 0 Å². The predicted molar refractivity (Wildman–Crippen MR) is 86.0 cm³/mol. The summed E-state index contributed by atoms with van der Waals surface area (Å²) in [6, 6.07) is 10.1. The standard InChI is InChI=1S/C17H17NO6/c1-10-8-12(16(20)14(15(10)19)17(21)24-2)13(9-18(22)23)11-6-4-3-5-7-11/h3-8,13,19-20H,9H2,1-2H3. The van der Waals surface area contributed by atoms with Gasteiger partial charge in [0.05, 0.1) is 13.0 Å². The van der Waals surface area contributed by atoms with Crippen molar-refractivity contribution in [3.8, 4) is 11.5 Å². The summed E-state index contributed by atoms with van der Waals surface area (Å²) in [5.41, 5.74) is 0.725. The molecule has 24 heavy (non-hydrogen) atoms. The van der Waals surface area contributed by atoms with Crippen LogP contribution in [0.3, 0.4) is 0 Å². The Labute approximate surface area is 138 Å². The van der Waals surface area contributed by atoms with Gasteiger partial charge in [0, 0.05) is 10.5 Å². The van der Waals surface area contributed by atoms with Crippen molar-refractivity contribution in [1.82, 2.24) is 0 Å². The number of methoxy groups -OCH3 is 1. The highest BCUT2D eigenvalue weighted by Gasteiger charge is 2.29. The van der Waals surface area contributed by atoms with Gasteiger partial charge in [0.15, 0.2) is 0 Å². The van der Waals surface area contributed by atoms with Crippen LogP contribution in [0.5, 0.6) is 11.5 Å². The molecular formula is C17H17NO6. The number of hydrogen-bond acceptors (Lipinski definition) is 6. The lowest BCUT2D eigenvalue weighted by atomic mass is 9.87. The van der Waals surface area contributed by atoms with E-state index in [1.807, 2.05) is 0 Å². The van der Waals surface area contributed by atoms with Crippen LogP contribution in [0.4, 0.5) is 0 Å². The molecule has 0 aliphatic heterocycles. The molecule has 126 valence electrons. The van der Waals surface area contributed by atoms with Gasteiger partial charge < -0.3 is 14.9 Å². The lowest BCUT2D eigenvalue weighted by molar-refractivity contribution is -0.481. The molecule has 0 aliphatic carbocycles. The molecule has 2 aromatic rings. The molecule has 0 aromatic heterocycles. The number of rotatable bonds is 5. The maximum absolute atomic E-state index is 11.9. The van der Waals surface area contributed by atoms with Crippen molar-refractivity contribution >= 4 is 5.97 Å². The lowest BCUT2D eigenvalue weighted by Gasteiger charge is -2.19. The quantitative estimate of drug-likeness (QED) is 0.495. The number of esters is 1. The van der Waals surface area contributed by atoms with Gasteiger partial charge in [-0.3, -0.25) is 10.1 Å². The molecule has 2 rings (SSSR count). The second kappa shape index (κ2) is 6.99. The molecule has 0 spiro atoms. The number of ether oxygens (including phenoxy) is 1. The molecule has 7 nitrogen and oxygen atoms in total. The predicted octanol–water partition coefficient (Wildman–Crippen LogP) is 2.60. The zero-order valence-electron chi connectivity index (χ0n) is 13.2. The van der Waals surface area contributed by atoms with Crippen LogP contribution in [0.2, 0.25) is 0 Å². The minimum absolute atomic E-state index is 0.189. The minimum Gasteiger partial charge on any atom is -0.507 e. The molecule has 1 unspecified atom stereocenters. The Hall–Kier alpha value is -3.09. The zero-order chi connectivity index (χ0) is 17.9. The number of aryl methyl sites for hydroxylation is 1. The molecule has 2 aromatic carbocycles. The average molecular weight is 331 g/mol. The summed E-state index contributed by atoms with van der Waals surface area (Å²) in [6.07, 6.45) is 0. The number of aromatic hydroxyl groups is 2. The number of hydrogen-bond donors (Lipinski definition) is 2. The van der Waals surface area contributed by atoms with Gasteiger partial charge in [0.1, 0.15) is 17.1 Å². The van der Waals surface area contributed by atoms with E-state index >= 15 is 0 Å². The minimum atomic E-state index is -0.914. The number of phenolic OH excluding ortho intramolecular Hbond substituents is 2.